The van der Waals surface area contributed by atoms with Gasteiger partial charge in [0.25, 0.3) is 0 Å². The van der Waals surface area contributed by atoms with Crippen LogP contribution in [-0.4, -0.2) is 37.2 Å². The highest BCUT2D eigenvalue weighted by Crippen LogP contribution is 2.12. The molecule has 0 rings (SSSR count). The summed E-state index contributed by atoms with van der Waals surface area (Å²) < 4.78 is 16.8. The standard InChI is InChI=1S/C61H96O6/c1-4-7-10-13-16-19-22-25-28-29-30-31-34-37-40-43-46-49-52-55-61(64)67-58(56-65-59(62)53-50-47-44-41-38-35-32-26-23-20-17-14-11-8-5-2)57-66-60(63)54-51-48-45-42-39-36-33-27-24-21-18-15-12-9-6-3/h7-12,16-21,25-28,30-33,37,40,58H,4-6,13-15,22-24,29,34-36,38-39,41-57H2,1-3H3/b10-7-,11-8-,12-9-,19-16-,20-17-,21-18-,28-25-,31-30-,32-26-,33-27-,40-37-. The van der Waals surface area contributed by atoms with Crippen LogP contribution in [-0.2, 0) is 28.6 Å². The zero-order valence-electron chi connectivity index (χ0n) is 42.9. The van der Waals surface area contributed by atoms with E-state index in [1.165, 1.54) is 0 Å². The van der Waals surface area contributed by atoms with Gasteiger partial charge in [0.1, 0.15) is 13.2 Å². The third-order valence-corrected chi connectivity index (χ3v) is 10.6. The van der Waals surface area contributed by atoms with Crippen molar-refractivity contribution >= 4 is 17.9 Å². The summed E-state index contributed by atoms with van der Waals surface area (Å²) in [7, 11) is 0. The van der Waals surface area contributed by atoms with Gasteiger partial charge in [0.15, 0.2) is 6.10 Å². The molecule has 0 aliphatic rings. The Hall–Kier alpha value is -4.45. The molecule has 0 aromatic carbocycles. The van der Waals surface area contributed by atoms with Gasteiger partial charge in [-0.2, -0.15) is 0 Å². The van der Waals surface area contributed by atoms with Gasteiger partial charge in [-0.05, 0) is 128 Å². The molecule has 0 saturated carbocycles. The summed E-state index contributed by atoms with van der Waals surface area (Å²) in [6.45, 7) is 6.23. The molecule has 0 aromatic heterocycles. The van der Waals surface area contributed by atoms with Crippen molar-refractivity contribution in [1.29, 1.82) is 0 Å². The SMILES string of the molecule is CC/C=C\C/C=C\C/C=C\C/C=C\C/C=C\CCCCCC(=O)OC(COC(=O)CCCCCCC/C=C\C/C=C\C/C=C\CC)COC(=O)CCCCCCC/C=C\C/C=C\C/C=C\CC. The lowest BCUT2D eigenvalue weighted by Crippen LogP contribution is -2.30. The first kappa shape index (κ1) is 62.5. The number of carbonyl (C=O) groups excluding carboxylic acids is 3. The highest BCUT2D eigenvalue weighted by atomic mass is 16.6. The van der Waals surface area contributed by atoms with Crippen LogP contribution in [0.2, 0.25) is 0 Å². The monoisotopic (exact) mass is 925 g/mol. The van der Waals surface area contributed by atoms with Crippen LogP contribution < -0.4 is 0 Å². The number of esters is 3. The molecule has 0 aromatic rings. The first-order chi connectivity index (χ1) is 33.0. The van der Waals surface area contributed by atoms with Gasteiger partial charge in [-0.15, -0.1) is 0 Å². The van der Waals surface area contributed by atoms with Crippen molar-refractivity contribution < 1.29 is 28.6 Å². The molecule has 0 aliphatic heterocycles. The average molecular weight is 925 g/mol. The van der Waals surface area contributed by atoms with Gasteiger partial charge < -0.3 is 14.2 Å². The van der Waals surface area contributed by atoms with E-state index in [0.717, 1.165) is 167 Å². The second-order valence-corrected chi connectivity index (χ2v) is 17.0. The van der Waals surface area contributed by atoms with E-state index >= 15 is 0 Å². The zero-order valence-corrected chi connectivity index (χ0v) is 42.9. The molecule has 0 N–H and O–H groups in total. The molecular weight excluding hydrogens is 829 g/mol. The predicted octanol–water partition coefficient (Wildman–Crippen LogP) is 17.9. The van der Waals surface area contributed by atoms with Crippen LogP contribution in [0.3, 0.4) is 0 Å². The minimum atomic E-state index is -0.815. The highest BCUT2D eigenvalue weighted by molar-refractivity contribution is 5.71. The fourth-order valence-corrected chi connectivity index (χ4v) is 6.73. The van der Waals surface area contributed by atoms with E-state index in [2.05, 4.69) is 154 Å². The highest BCUT2D eigenvalue weighted by Gasteiger charge is 2.19. The fraction of sp³-hybridized carbons (Fsp3) is 0.590. The first-order valence-corrected chi connectivity index (χ1v) is 26.7. The van der Waals surface area contributed by atoms with E-state index in [1.54, 1.807) is 0 Å². The van der Waals surface area contributed by atoms with Crippen molar-refractivity contribution in [3.8, 4) is 0 Å². The molecule has 0 radical (unpaired) electrons. The van der Waals surface area contributed by atoms with Crippen molar-refractivity contribution in [2.24, 2.45) is 0 Å². The summed E-state index contributed by atoms with van der Waals surface area (Å²) >= 11 is 0. The van der Waals surface area contributed by atoms with Crippen LogP contribution in [0, 0.1) is 0 Å². The molecule has 67 heavy (non-hydrogen) atoms. The lowest BCUT2D eigenvalue weighted by atomic mass is 10.1. The van der Waals surface area contributed by atoms with Crippen LogP contribution in [0.25, 0.3) is 0 Å². The number of hydrogen-bond acceptors (Lipinski definition) is 6. The zero-order chi connectivity index (χ0) is 48.6. The largest absolute Gasteiger partial charge is 0.462 e. The van der Waals surface area contributed by atoms with Crippen LogP contribution in [0.5, 0.6) is 0 Å². The minimum Gasteiger partial charge on any atom is -0.462 e. The molecule has 0 aliphatic carbocycles. The molecule has 0 unspecified atom stereocenters. The maximum atomic E-state index is 12.8. The lowest BCUT2D eigenvalue weighted by Gasteiger charge is -2.18. The van der Waals surface area contributed by atoms with Crippen molar-refractivity contribution in [1.82, 2.24) is 0 Å². The number of allylic oxidation sites excluding steroid dienone is 22. The van der Waals surface area contributed by atoms with Gasteiger partial charge in [0.2, 0.25) is 0 Å². The van der Waals surface area contributed by atoms with E-state index < -0.39 is 6.10 Å². The summed E-state index contributed by atoms with van der Waals surface area (Å²) in [5, 5.41) is 0. The van der Waals surface area contributed by atoms with E-state index in [1.807, 2.05) is 0 Å². The Morgan fingerprint density at radius 3 is 0.851 bits per heavy atom. The number of carbonyl (C=O) groups is 3. The van der Waals surface area contributed by atoms with Crippen LogP contribution >= 0.6 is 0 Å². The Morgan fingerprint density at radius 2 is 0.537 bits per heavy atom. The molecule has 6 nitrogen and oxygen atoms in total. The van der Waals surface area contributed by atoms with E-state index in [-0.39, 0.29) is 37.5 Å². The maximum Gasteiger partial charge on any atom is 0.306 e. The van der Waals surface area contributed by atoms with Crippen molar-refractivity contribution in [2.75, 3.05) is 13.2 Å². The van der Waals surface area contributed by atoms with Crippen molar-refractivity contribution in [2.45, 2.75) is 219 Å². The predicted molar refractivity (Wildman–Crippen MR) is 288 cm³/mol. The Balaban J connectivity index is 4.54. The number of hydrogen-bond donors (Lipinski definition) is 0. The average Bonchev–Trinajstić information content (AvgIpc) is 3.33. The fourth-order valence-electron chi connectivity index (χ4n) is 6.73. The van der Waals surface area contributed by atoms with Crippen molar-refractivity contribution in [3.63, 3.8) is 0 Å². The number of rotatable bonds is 46. The second-order valence-electron chi connectivity index (χ2n) is 17.0. The minimum absolute atomic E-state index is 0.111. The molecule has 0 amide bonds. The van der Waals surface area contributed by atoms with Gasteiger partial charge in [-0.3, -0.25) is 14.4 Å². The smallest absolute Gasteiger partial charge is 0.306 e. The van der Waals surface area contributed by atoms with Crippen LogP contribution in [0.15, 0.2) is 134 Å². The molecule has 0 fully saturated rings. The summed E-state index contributed by atoms with van der Waals surface area (Å²) in [4.78, 5) is 38.1. The van der Waals surface area contributed by atoms with E-state index in [0.29, 0.717) is 19.3 Å². The van der Waals surface area contributed by atoms with Gasteiger partial charge in [0, 0.05) is 19.3 Å². The Labute approximate surface area is 411 Å². The summed E-state index contributed by atoms with van der Waals surface area (Å²) in [6, 6.07) is 0. The first-order valence-electron chi connectivity index (χ1n) is 26.7. The van der Waals surface area contributed by atoms with E-state index in [9.17, 15) is 14.4 Å². The summed E-state index contributed by atoms with van der Waals surface area (Å²) in [5.74, 6) is -0.984. The number of unbranched alkanes of at least 4 members (excludes halogenated alkanes) is 13. The quantitative estimate of drug-likeness (QED) is 0.0262. The van der Waals surface area contributed by atoms with Crippen LogP contribution in [0.1, 0.15) is 213 Å². The molecule has 0 saturated heterocycles. The Morgan fingerprint density at radius 1 is 0.299 bits per heavy atom. The summed E-state index contributed by atoms with van der Waals surface area (Å²) in [5.41, 5.74) is 0. The molecule has 0 heterocycles. The third kappa shape index (κ3) is 52.4. The summed E-state index contributed by atoms with van der Waals surface area (Å²) in [6.07, 6.45) is 75.7. The molecule has 0 atom stereocenters. The van der Waals surface area contributed by atoms with Gasteiger partial charge in [-0.1, -0.05) is 199 Å². The Bertz CT molecular complexity index is 1410. The van der Waals surface area contributed by atoms with Gasteiger partial charge >= 0.3 is 17.9 Å². The molecule has 6 heteroatoms. The second kappa shape index (κ2) is 54.2. The third-order valence-electron chi connectivity index (χ3n) is 10.6. The number of ether oxygens (including phenoxy) is 3. The lowest BCUT2D eigenvalue weighted by molar-refractivity contribution is -0.167. The van der Waals surface area contributed by atoms with Crippen molar-refractivity contribution in [3.05, 3.63) is 134 Å². The van der Waals surface area contributed by atoms with Crippen LogP contribution in [0.4, 0.5) is 0 Å². The van der Waals surface area contributed by atoms with Gasteiger partial charge in [-0.25, -0.2) is 0 Å². The molecular formula is C61H96O6. The maximum absolute atomic E-state index is 12.8. The van der Waals surface area contributed by atoms with E-state index in [4.69, 9.17) is 14.2 Å². The molecule has 0 bridgehead atoms. The molecule has 0 spiro atoms. The normalized spacial score (nSPS) is 12.8. The molecule has 376 valence electrons. The topological polar surface area (TPSA) is 78.9 Å². The Kier molecular flexibility index (Phi) is 50.6. The van der Waals surface area contributed by atoms with Gasteiger partial charge in [0.05, 0.1) is 0 Å².